The third-order valence-corrected chi connectivity index (χ3v) is 3.92. The number of hydrogen-bond acceptors (Lipinski definition) is 2. The van der Waals surface area contributed by atoms with E-state index >= 15 is 0 Å². The van der Waals surface area contributed by atoms with E-state index in [1.807, 2.05) is 0 Å². The van der Waals surface area contributed by atoms with Crippen LogP contribution in [-0.2, 0) is 4.74 Å². The topological polar surface area (TPSA) is 21.3 Å². The molecule has 1 rings (SSSR count). The molecule has 0 radical (unpaired) electrons. The third-order valence-electron chi connectivity index (χ3n) is 3.92. The fraction of sp³-hybridized carbons (Fsp3) is 1.00. The van der Waals surface area contributed by atoms with Crippen molar-refractivity contribution in [2.75, 3.05) is 13.7 Å². The van der Waals surface area contributed by atoms with Crippen molar-refractivity contribution in [2.24, 2.45) is 5.92 Å². The Bertz CT molecular complexity index is 172. The van der Waals surface area contributed by atoms with E-state index in [2.05, 4.69) is 26.2 Å². The zero-order valence-electron chi connectivity index (χ0n) is 11.3. The van der Waals surface area contributed by atoms with E-state index < -0.39 is 0 Å². The lowest BCUT2D eigenvalue weighted by molar-refractivity contribution is 0.0770. The second-order valence-corrected chi connectivity index (χ2v) is 5.01. The zero-order valence-corrected chi connectivity index (χ0v) is 11.3. The van der Waals surface area contributed by atoms with Gasteiger partial charge in [-0.2, -0.15) is 0 Å². The van der Waals surface area contributed by atoms with Crippen molar-refractivity contribution in [1.29, 1.82) is 0 Å². The van der Waals surface area contributed by atoms with Crippen LogP contribution in [0.15, 0.2) is 0 Å². The molecular formula is C14H29NO. The van der Waals surface area contributed by atoms with E-state index in [9.17, 15) is 0 Å². The first-order chi connectivity index (χ1) is 7.83. The van der Waals surface area contributed by atoms with Crippen LogP contribution < -0.4 is 5.32 Å². The highest BCUT2D eigenvalue weighted by Gasteiger charge is 2.32. The van der Waals surface area contributed by atoms with E-state index in [4.69, 9.17) is 4.74 Å². The lowest BCUT2D eigenvalue weighted by atomic mass is 9.88. The van der Waals surface area contributed by atoms with E-state index in [1.54, 1.807) is 0 Å². The van der Waals surface area contributed by atoms with Crippen LogP contribution in [0.4, 0.5) is 0 Å². The van der Waals surface area contributed by atoms with Gasteiger partial charge in [-0.25, -0.2) is 0 Å². The molecule has 96 valence electrons. The van der Waals surface area contributed by atoms with Gasteiger partial charge in [0.05, 0.1) is 6.10 Å². The predicted molar refractivity (Wildman–Crippen MR) is 69.7 cm³/mol. The Morgan fingerprint density at radius 2 is 2.06 bits per heavy atom. The second kappa shape index (κ2) is 8.08. The van der Waals surface area contributed by atoms with Crippen molar-refractivity contribution in [1.82, 2.24) is 5.32 Å². The van der Waals surface area contributed by atoms with Gasteiger partial charge in [-0.1, -0.05) is 39.5 Å². The first-order valence-corrected chi connectivity index (χ1v) is 7.12. The summed E-state index contributed by atoms with van der Waals surface area (Å²) in [6.45, 7) is 5.48. The Morgan fingerprint density at radius 3 is 2.69 bits per heavy atom. The Labute approximate surface area is 101 Å². The molecule has 0 aliphatic carbocycles. The van der Waals surface area contributed by atoms with E-state index in [1.165, 1.54) is 38.5 Å². The minimum Gasteiger partial charge on any atom is -0.378 e. The van der Waals surface area contributed by atoms with E-state index in [-0.39, 0.29) is 0 Å². The van der Waals surface area contributed by atoms with Gasteiger partial charge in [-0.15, -0.1) is 0 Å². The van der Waals surface area contributed by atoms with Crippen molar-refractivity contribution in [3.05, 3.63) is 0 Å². The molecule has 2 heteroatoms. The highest BCUT2D eigenvalue weighted by molar-refractivity contribution is 4.85. The van der Waals surface area contributed by atoms with Crippen molar-refractivity contribution < 1.29 is 4.74 Å². The van der Waals surface area contributed by atoms with Gasteiger partial charge in [0.15, 0.2) is 0 Å². The average molecular weight is 227 g/mol. The summed E-state index contributed by atoms with van der Waals surface area (Å²) in [6.07, 6.45) is 9.70. The molecule has 0 aromatic carbocycles. The molecule has 3 atom stereocenters. The number of ether oxygens (including phenoxy) is 1. The van der Waals surface area contributed by atoms with Crippen molar-refractivity contribution in [2.45, 2.75) is 70.9 Å². The van der Waals surface area contributed by atoms with Gasteiger partial charge >= 0.3 is 0 Å². The summed E-state index contributed by atoms with van der Waals surface area (Å²) in [5.41, 5.74) is 0. The van der Waals surface area contributed by atoms with Crippen molar-refractivity contribution in [3.8, 4) is 0 Å². The molecule has 0 amide bonds. The average Bonchev–Trinajstić information content (AvgIpc) is 2.77. The first-order valence-electron chi connectivity index (χ1n) is 7.12. The van der Waals surface area contributed by atoms with Gasteiger partial charge in [-0.3, -0.25) is 0 Å². The molecule has 1 aliphatic heterocycles. The maximum Gasteiger partial charge on any atom is 0.0616 e. The third kappa shape index (κ3) is 4.06. The first kappa shape index (κ1) is 14.0. The summed E-state index contributed by atoms with van der Waals surface area (Å²) in [5, 5.41) is 3.51. The summed E-state index contributed by atoms with van der Waals surface area (Å²) in [6, 6.07) is 0.671. The molecule has 0 aromatic heterocycles. The molecule has 0 saturated carbocycles. The normalized spacial score (nSPS) is 27.2. The van der Waals surface area contributed by atoms with Crippen molar-refractivity contribution >= 4 is 0 Å². The Balaban J connectivity index is 2.29. The van der Waals surface area contributed by atoms with Crippen LogP contribution in [0.25, 0.3) is 0 Å². The van der Waals surface area contributed by atoms with Gasteiger partial charge in [0.1, 0.15) is 0 Å². The number of nitrogens with one attached hydrogen (secondary N) is 1. The van der Waals surface area contributed by atoms with Crippen LogP contribution >= 0.6 is 0 Å². The highest BCUT2D eigenvalue weighted by Crippen LogP contribution is 2.28. The molecule has 1 aliphatic rings. The van der Waals surface area contributed by atoms with Gasteiger partial charge < -0.3 is 10.1 Å². The minimum atomic E-state index is 0.503. The molecule has 1 heterocycles. The summed E-state index contributed by atoms with van der Waals surface area (Å²) in [4.78, 5) is 0. The lowest BCUT2D eigenvalue weighted by Crippen LogP contribution is -2.37. The summed E-state index contributed by atoms with van der Waals surface area (Å²) in [5.74, 6) is 0.747. The summed E-state index contributed by atoms with van der Waals surface area (Å²) >= 11 is 0. The van der Waals surface area contributed by atoms with Crippen LogP contribution in [-0.4, -0.2) is 25.8 Å². The van der Waals surface area contributed by atoms with Crippen LogP contribution in [0.2, 0.25) is 0 Å². The van der Waals surface area contributed by atoms with Crippen LogP contribution in [0.3, 0.4) is 0 Å². The zero-order chi connectivity index (χ0) is 11.8. The van der Waals surface area contributed by atoms with Gasteiger partial charge in [-0.05, 0) is 26.3 Å². The SMILES string of the molecule is CCCCCCC(NC)C1CCOC1CC. The summed E-state index contributed by atoms with van der Waals surface area (Å²) < 4.78 is 5.78. The van der Waals surface area contributed by atoms with Crippen molar-refractivity contribution in [3.63, 3.8) is 0 Å². The highest BCUT2D eigenvalue weighted by atomic mass is 16.5. The Morgan fingerprint density at radius 1 is 1.25 bits per heavy atom. The standard InChI is InChI=1S/C14H29NO/c1-4-6-7-8-9-13(15-3)12-10-11-16-14(12)5-2/h12-15H,4-11H2,1-3H3. The Kier molecular flexibility index (Phi) is 7.06. The maximum absolute atomic E-state index is 5.78. The van der Waals surface area contributed by atoms with E-state index in [0.717, 1.165) is 18.9 Å². The molecule has 0 bridgehead atoms. The van der Waals surface area contributed by atoms with E-state index in [0.29, 0.717) is 12.1 Å². The van der Waals surface area contributed by atoms with Crippen LogP contribution in [0.5, 0.6) is 0 Å². The predicted octanol–water partition coefficient (Wildman–Crippen LogP) is 3.36. The van der Waals surface area contributed by atoms with Gasteiger partial charge in [0.2, 0.25) is 0 Å². The fourth-order valence-corrected chi connectivity index (χ4v) is 2.91. The number of rotatable bonds is 8. The lowest BCUT2D eigenvalue weighted by Gasteiger charge is -2.26. The maximum atomic E-state index is 5.78. The molecule has 2 nitrogen and oxygen atoms in total. The quantitative estimate of drug-likeness (QED) is 0.642. The Hall–Kier alpha value is -0.0800. The molecule has 1 saturated heterocycles. The smallest absolute Gasteiger partial charge is 0.0616 e. The fourth-order valence-electron chi connectivity index (χ4n) is 2.91. The van der Waals surface area contributed by atoms with Gasteiger partial charge in [0, 0.05) is 18.6 Å². The summed E-state index contributed by atoms with van der Waals surface area (Å²) in [7, 11) is 2.11. The minimum absolute atomic E-state index is 0.503. The second-order valence-electron chi connectivity index (χ2n) is 5.01. The van der Waals surface area contributed by atoms with Gasteiger partial charge in [0.25, 0.3) is 0 Å². The number of unbranched alkanes of at least 4 members (excludes halogenated alkanes) is 3. The molecule has 3 unspecified atom stereocenters. The van der Waals surface area contributed by atoms with Crippen LogP contribution in [0, 0.1) is 5.92 Å². The molecular weight excluding hydrogens is 198 g/mol. The number of hydrogen-bond donors (Lipinski definition) is 1. The molecule has 0 aromatic rings. The molecule has 1 N–H and O–H groups in total. The molecule has 16 heavy (non-hydrogen) atoms. The molecule has 0 spiro atoms. The largest absolute Gasteiger partial charge is 0.378 e. The monoisotopic (exact) mass is 227 g/mol. The van der Waals surface area contributed by atoms with Crippen LogP contribution in [0.1, 0.15) is 58.8 Å². The molecule has 1 fully saturated rings.